The lowest BCUT2D eigenvalue weighted by Crippen LogP contribution is -2.45. The Balaban J connectivity index is 1.96. The van der Waals surface area contributed by atoms with Gasteiger partial charge in [0, 0.05) is 13.2 Å². The summed E-state index contributed by atoms with van der Waals surface area (Å²) >= 11 is 0. The van der Waals surface area contributed by atoms with Crippen molar-refractivity contribution >= 4 is 5.91 Å². The lowest BCUT2D eigenvalue weighted by Gasteiger charge is -2.34. The summed E-state index contributed by atoms with van der Waals surface area (Å²) in [5.74, 6) is 0.978. The SMILES string of the molecule is O=C1N2CCC[C@H]2COC2=CCC=C[C@]12CCCO. The van der Waals surface area contributed by atoms with E-state index < -0.39 is 5.41 Å². The first-order valence-electron chi connectivity index (χ1n) is 7.21. The number of fused-ring (bicyclic) bond motifs is 2. The first-order valence-corrected chi connectivity index (χ1v) is 7.21. The van der Waals surface area contributed by atoms with Crippen LogP contribution in [0.25, 0.3) is 0 Å². The fourth-order valence-electron chi connectivity index (χ4n) is 3.46. The first-order chi connectivity index (χ1) is 9.28. The molecule has 3 aliphatic rings. The van der Waals surface area contributed by atoms with Gasteiger partial charge in [0.15, 0.2) is 0 Å². The number of aliphatic hydroxyl groups excluding tert-OH is 1. The molecule has 2 atom stereocenters. The predicted octanol–water partition coefficient (Wildman–Crippen LogP) is 1.61. The Labute approximate surface area is 113 Å². The fourth-order valence-corrected chi connectivity index (χ4v) is 3.46. The first kappa shape index (κ1) is 12.7. The van der Waals surface area contributed by atoms with Crippen LogP contribution in [0.2, 0.25) is 0 Å². The zero-order chi connectivity index (χ0) is 13.3. The third kappa shape index (κ3) is 1.98. The molecule has 1 amide bonds. The number of amides is 1. The van der Waals surface area contributed by atoms with Crippen LogP contribution in [0, 0.1) is 5.41 Å². The molecule has 0 unspecified atom stereocenters. The van der Waals surface area contributed by atoms with E-state index in [1.807, 2.05) is 23.1 Å². The number of carbonyl (C=O) groups is 1. The highest BCUT2D eigenvalue weighted by molar-refractivity contribution is 5.88. The summed E-state index contributed by atoms with van der Waals surface area (Å²) in [5.41, 5.74) is -0.653. The third-order valence-electron chi connectivity index (χ3n) is 4.46. The summed E-state index contributed by atoms with van der Waals surface area (Å²) in [6, 6.07) is 0.235. The molecule has 4 heteroatoms. The van der Waals surface area contributed by atoms with Gasteiger partial charge >= 0.3 is 0 Å². The lowest BCUT2D eigenvalue weighted by molar-refractivity contribution is -0.138. The maximum Gasteiger partial charge on any atom is 0.240 e. The van der Waals surface area contributed by atoms with Crippen molar-refractivity contribution in [2.24, 2.45) is 5.41 Å². The van der Waals surface area contributed by atoms with Crippen molar-refractivity contribution < 1.29 is 14.6 Å². The van der Waals surface area contributed by atoms with Gasteiger partial charge in [0.1, 0.15) is 17.8 Å². The second-order valence-corrected chi connectivity index (χ2v) is 5.61. The van der Waals surface area contributed by atoms with E-state index in [4.69, 9.17) is 9.84 Å². The van der Waals surface area contributed by atoms with Crippen LogP contribution in [0.15, 0.2) is 24.0 Å². The largest absolute Gasteiger partial charge is 0.495 e. The molecule has 0 radical (unpaired) electrons. The number of carbonyl (C=O) groups excluding carboxylic acids is 1. The molecule has 0 saturated carbocycles. The molecule has 0 bridgehead atoms. The van der Waals surface area contributed by atoms with Gasteiger partial charge in [0.2, 0.25) is 5.91 Å². The molecule has 1 N–H and O–H groups in total. The molecule has 0 aromatic carbocycles. The normalized spacial score (nSPS) is 33.3. The Morgan fingerprint density at radius 3 is 3.26 bits per heavy atom. The molecule has 1 aliphatic carbocycles. The average Bonchev–Trinajstić information content (AvgIpc) is 2.87. The topological polar surface area (TPSA) is 49.8 Å². The van der Waals surface area contributed by atoms with Crippen molar-refractivity contribution in [3.63, 3.8) is 0 Å². The van der Waals surface area contributed by atoms with Gasteiger partial charge in [-0.15, -0.1) is 0 Å². The molecular weight excluding hydrogens is 242 g/mol. The van der Waals surface area contributed by atoms with Crippen LogP contribution in [0.5, 0.6) is 0 Å². The molecule has 3 rings (SSSR count). The second kappa shape index (κ2) is 5.00. The summed E-state index contributed by atoms with van der Waals surface area (Å²) < 4.78 is 5.96. The molecular formula is C15H21NO3. The van der Waals surface area contributed by atoms with Crippen molar-refractivity contribution in [1.82, 2.24) is 4.90 Å². The van der Waals surface area contributed by atoms with Crippen LogP contribution in [0.3, 0.4) is 0 Å². The lowest BCUT2D eigenvalue weighted by atomic mass is 9.77. The van der Waals surface area contributed by atoms with Gasteiger partial charge in [0.05, 0.1) is 6.04 Å². The van der Waals surface area contributed by atoms with Crippen molar-refractivity contribution in [2.75, 3.05) is 19.8 Å². The third-order valence-corrected chi connectivity index (χ3v) is 4.46. The Kier molecular flexibility index (Phi) is 3.35. The second-order valence-electron chi connectivity index (χ2n) is 5.61. The maximum absolute atomic E-state index is 13.0. The van der Waals surface area contributed by atoms with E-state index in [1.165, 1.54) is 0 Å². The van der Waals surface area contributed by atoms with E-state index in [-0.39, 0.29) is 18.6 Å². The van der Waals surface area contributed by atoms with Crippen LogP contribution < -0.4 is 0 Å². The van der Waals surface area contributed by atoms with E-state index >= 15 is 0 Å². The van der Waals surface area contributed by atoms with Crippen LogP contribution in [-0.4, -0.2) is 41.7 Å². The zero-order valence-corrected chi connectivity index (χ0v) is 11.2. The zero-order valence-electron chi connectivity index (χ0n) is 11.2. The molecule has 19 heavy (non-hydrogen) atoms. The van der Waals surface area contributed by atoms with E-state index in [9.17, 15) is 4.79 Å². The maximum atomic E-state index is 13.0. The molecule has 2 aliphatic heterocycles. The van der Waals surface area contributed by atoms with Gasteiger partial charge < -0.3 is 14.7 Å². The summed E-state index contributed by atoms with van der Waals surface area (Å²) in [7, 11) is 0. The Morgan fingerprint density at radius 1 is 1.53 bits per heavy atom. The monoisotopic (exact) mass is 263 g/mol. The fraction of sp³-hybridized carbons (Fsp3) is 0.667. The molecule has 0 aromatic rings. The van der Waals surface area contributed by atoms with E-state index in [1.54, 1.807) is 0 Å². The Morgan fingerprint density at radius 2 is 2.42 bits per heavy atom. The van der Waals surface area contributed by atoms with Gasteiger partial charge in [0.25, 0.3) is 0 Å². The van der Waals surface area contributed by atoms with Crippen LogP contribution in [-0.2, 0) is 9.53 Å². The Bertz CT molecular complexity index is 429. The van der Waals surface area contributed by atoms with Crippen molar-refractivity contribution in [2.45, 2.75) is 38.1 Å². The molecule has 0 spiro atoms. The average molecular weight is 263 g/mol. The number of ether oxygens (including phenoxy) is 1. The van der Waals surface area contributed by atoms with Gasteiger partial charge in [-0.2, -0.15) is 0 Å². The number of allylic oxidation sites excluding steroid dienone is 2. The molecule has 0 aromatic heterocycles. The minimum Gasteiger partial charge on any atom is -0.495 e. The standard InChI is InChI=1S/C15H21NO3/c17-10-4-8-15-7-2-1-6-13(15)19-11-12-5-3-9-16(12)14(15)18/h2,6-7,12,17H,1,3-5,8-11H2/t12-,15+/m0/s1. The summed E-state index contributed by atoms with van der Waals surface area (Å²) in [5, 5.41) is 9.12. The minimum absolute atomic E-state index is 0.111. The van der Waals surface area contributed by atoms with Crippen LogP contribution in [0.4, 0.5) is 0 Å². The van der Waals surface area contributed by atoms with Crippen LogP contribution >= 0.6 is 0 Å². The summed E-state index contributed by atoms with van der Waals surface area (Å²) in [6.45, 7) is 1.57. The van der Waals surface area contributed by atoms with E-state index in [0.29, 0.717) is 19.4 Å². The number of aliphatic hydroxyl groups is 1. The highest BCUT2D eigenvalue weighted by Crippen LogP contribution is 2.43. The van der Waals surface area contributed by atoms with Gasteiger partial charge in [-0.3, -0.25) is 4.79 Å². The molecule has 2 saturated heterocycles. The number of rotatable bonds is 3. The van der Waals surface area contributed by atoms with Gasteiger partial charge in [-0.1, -0.05) is 12.2 Å². The highest BCUT2D eigenvalue weighted by atomic mass is 16.5. The predicted molar refractivity (Wildman–Crippen MR) is 71.3 cm³/mol. The number of hydrogen-bond donors (Lipinski definition) is 1. The van der Waals surface area contributed by atoms with E-state index in [2.05, 4.69) is 0 Å². The van der Waals surface area contributed by atoms with Crippen molar-refractivity contribution in [3.05, 3.63) is 24.0 Å². The molecule has 4 nitrogen and oxygen atoms in total. The molecule has 2 heterocycles. The van der Waals surface area contributed by atoms with Gasteiger partial charge in [-0.25, -0.2) is 0 Å². The molecule has 2 fully saturated rings. The van der Waals surface area contributed by atoms with Crippen molar-refractivity contribution in [3.8, 4) is 0 Å². The smallest absolute Gasteiger partial charge is 0.240 e. The van der Waals surface area contributed by atoms with Gasteiger partial charge in [-0.05, 0) is 38.2 Å². The van der Waals surface area contributed by atoms with Crippen molar-refractivity contribution in [1.29, 1.82) is 0 Å². The quantitative estimate of drug-likeness (QED) is 0.787. The van der Waals surface area contributed by atoms with E-state index in [0.717, 1.165) is 31.6 Å². The van der Waals surface area contributed by atoms with Crippen LogP contribution in [0.1, 0.15) is 32.1 Å². The molecule has 104 valence electrons. The number of hydrogen-bond acceptors (Lipinski definition) is 3. The minimum atomic E-state index is -0.653. The summed E-state index contributed by atoms with van der Waals surface area (Å²) in [4.78, 5) is 15.0. The summed E-state index contributed by atoms with van der Waals surface area (Å²) in [6.07, 6.45) is 10.3. The highest BCUT2D eigenvalue weighted by Gasteiger charge is 2.49. The number of nitrogens with zero attached hydrogens (tertiary/aromatic N) is 1. The Hall–Kier alpha value is -1.29.